The number of aliphatic hydroxyl groups is 1. The fraction of sp³-hybridized carbons (Fsp3) is 0.929. The fourth-order valence-corrected chi connectivity index (χ4v) is 3.26. The van der Waals surface area contributed by atoms with Gasteiger partial charge in [0.05, 0.1) is 6.10 Å². The van der Waals surface area contributed by atoms with Gasteiger partial charge in [0.1, 0.15) is 0 Å². The van der Waals surface area contributed by atoms with Gasteiger partial charge in [0.2, 0.25) is 5.91 Å². The van der Waals surface area contributed by atoms with Crippen molar-refractivity contribution in [2.75, 3.05) is 7.05 Å². The Morgan fingerprint density at radius 1 is 1.00 bits per heavy atom. The molecular formula is C14H25NO2. The van der Waals surface area contributed by atoms with E-state index < -0.39 is 0 Å². The first-order valence-corrected chi connectivity index (χ1v) is 7.13. The number of hydrogen-bond donors (Lipinski definition) is 1. The summed E-state index contributed by atoms with van der Waals surface area (Å²) >= 11 is 0. The Bertz CT molecular complexity index is 253. The normalized spacial score (nSPS) is 31.2. The van der Waals surface area contributed by atoms with Crippen LogP contribution in [0.25, 0.3) is 0 Å². The Morgan fingerprint density at radius 2 is 1.59 bits per heavy atom. The number of rotatable bonds is 2. The average molecular weight is 239 g/mol. The molecular weight excluding hydrogens is 214 g/mol. The van der Waals surface area contributed by atoms with Gasteiger partial charge in [-0.15, -0.1) is 0 Å². The van der Waals surface area contributed by atoms with Gasteiger partial charge in [0.25, 0.3) is 0 Å². The van der Waals surface area contributed by atoms with Crippen molar-refractivity contribution in [2.24, 2.45) is 5.92 Å². The second-order valence-corrected chi connectivity index (χ2v) is 5.75. The van der Waals surface area contributed by atoms with Gasteiger partial charge in [-0.25, -0.2) is 0 Å². The van der Waals surface area contributed by atoms with E-state index in [1.54, 1.807) is 0 Å². The zero-order valence-electron chi connectivity index (χ0n) is 10.9. The van der Waals surface area contributed by atoms with Gasteiger partial charge in [-0.1, -0.05) is 19.3 Å². The van der Waals surface area contributed by atoms with Crippen LogP contribution in [0.5, 0.6) is 0 Å². The van der Waals surface area contributed by atoms with Gasteiger partial charge >= 0.3 is 0 Å². The van der Waals surface area contributed by atoms with Crippen LogP contribution in [0.15, 0.2) is 0 Å². The zero-order chi connectivity index (χ0) is 12.3. The lowest BCUT2D eigenvalue weighted by atomic mass is 9.85. The molecule has 3 heteroatoms. The Hall–Kier alpha value is -0.570. The van der Waals surface area contributed by atoms with Gasteiger partial charge in [-0.2, -0.15) is 0 Å². The highest BCUT2D eigenvalue weighted by atomic mass is 16.3. The molecule has 0 radical (unpaired) electrons. The van der Waals surface area contributed by atoms with Gasteiger partial charge in [-0.05, 0) is 38.5 Å². The van der Waals surface area contributed by atoms with Crippen molar-refractivity contribution in [1.29, 1.82) is 0 Å². The minimum Gasteiger partial charge on any atom is -0.393 e. The standard InChI is InChI=1S/C14H25NO2/c1-15(12-5-3-2-4-6-12)14(17)11-7-9-13(16)10-8-11/h11-13,16H,2-10H2,1H3. The van der Waals surface area contributed by atoms with Crippen molar-refractivity contribution in [3.05, 3.63) is 0 Å². The molecule has 0 heterocycles. The number of carbonyl (C=O) groups excluding carboxylic acids is 1. The summed E-state index contributed by atoms with van der Waals surface area (Å²) in [5, 5.41) is 9.47. The predicted octanol–water partition coefficient (Wildman–Crippen LogP) is 2.33. The third kappa shape index (κ3) is 3.21. The summed E-state index contributed by atoms with van der Waals surface area (Å²) in [6.45, 7) is 0. The van der Waals surface area contributed by atoms with E-state index in [4.69, 9.17) is 0 Å². The van der Waals surface area contributed by atoms with Crippen LogP contribution in [0.3, 0.4) is 0 Å². The molecule has 0 bridgehead atoms. The molecule has 0 aromatic rings. The third-order valence-corrected chi connectivity index (χ3v) is 4.52. The average Bonchev–Trinajstić information content (AvgIpc) is 2.39. The molecule has 0 aromatic carbocycles. The van der Waals surface area contributed by atoms with Crippen LogP contribution in [0.2, 0.25) is 0 Å². The van der Waals surface area contributed by atoms with Gasteiger partial charge in [0, 0.05) is 19.0 Å². The Balaban J connectivity index is 1.85. The van der Waals surface area contributed by atoms with E-state index in [9.17, 15) is 9.90 Å². The minimum absolute atomic E-state index is 0.168. The highest BCUT2D eigenvalue weighted by Gasteiger charge is 2.30. The molecule has 17 heavy (non-hydrogen) atoms. The van der Waals surface area contributed by atoms with Crippen molar-refractivity contribution in [1.82, 2.24) is 4.90 Å². The maximum Gasteiger partial charge on any atom is 0.225 e. The summed E-state index contributed by atoms with van der Waals surface area (Å²) in [7, 11) is 1.98. The monoisotopic (exact) mass is 239 g/mol. The van der Waals surface area contributed by atoms with Gasteiger partial charge < -0.3 is 10.0 Å². The SMILES string of the molecule is CN(C(=O)C1CCC(O)CC1)C1CCCCC1. The van der Waals surface area contributed by atoms with E-state index in [-0.39, 0.29) is 12.0 Å². The molecule has 1 amide bonds. The maximum atomic E-state index is 12.3. The Kier molecular flexibility index (Phi) is 4.43. The highest BCUT2D eigenvalue weighted by molar-refractivity contribution is 5.79. The molecule has 98 valence electrons. The lowest BCUT2D eigenvalue weighted by Crippen LogP contribution is -2.42. The Labute approximate surface area is 104 Å². The van der Waals surface area contributed by atoms with E-state index in [2.05, 4.69) is 0 Å². The second-order valence-electron chi connectivity index (χ2n) is 5.75. The van der Waals surface area contributed by atoms with Gasteiger partial charge in [-0.3, -0.25) is 4.79 Å². The van der Waals surface area contributed by atoms with Crippen LogP contribution < -0.4 is 0 Å². The topological polar surface area (TPSA) is 40.5 Å². The third-order valence-electron chi connectivity index (χ3n) is 4.52. The van der Waals surface area contributed by atoms with E-state index in [1.807, 2.05) is 11.9 Å². The molecule has 2 aliphatic rings. The molecule has 0 atom stereocenters. The second kappa shape index (κ2) is 5.85. The van der Waals surface area contributed by atoms with Crippen LogP contribution in [-0.4, -0.2) is 35.1 Å². The molecule has 2 rings (SSSR count). The first-order valence-electron chi connectivity index (χ1n) is 7.13. The van der Waals surface area contributed by atoms with Crippen LogP contribution in [0.1, 0.15) is 57.8 Å². The van der Waals surface area contributed by atoms with Crippen molar-refractivity contribution in [2.45, 2.75) is 69.9 Å². The maximum absolute atomic E-state index is 12.3. The van der Waals surface area contributed by atoms with Gasteiger partial charge in [0.15, 0.2) is 0 Å². The molecule has 2 aliphatic carbocycles. The van der Waals surface area contributed by atoms with Crippen LogP contribution >= 0.6 is 0 Å². The van der Waals surface area contributed by atoms with E-state index in [0.29, 0.717) is 11.9 Å². The molecule has 0 unspecified atom stereocenters. The first-order chi connectivity index (χ1) is 8.18. The van der Waals surface area contributed by atoms with Crippen molar-refractivity contribution >= 4 is 5.91 Å². The lowest BCUT2D eigenvalue weighted by molar-refractivity contribution is -0.138. The minimum atomic E-state index is -0.168. The van der Waals surface area contributed by atoms with Crippen molar-refractivity contribution in [3.63, 3.8) is 0 Å². The highest BCUT2D eigenvalue weighted by Crippen LogP contribution is 2.28. The molecule has 0 aromatic heterocycles. The van der Waals surface area contributed by atoms with Crippen molar-refractivity contribution < 1.29 is 9.90 Å². The van der Waals surface area contributed by atoms with Crippen molar-refractivity contribution in [3.8, 4) is 0 Å². The van der Waals surface area contributed by atoms with E-state index in [1.165, 1.54) is 32.1 Å². The summed E-state index contributed by atoms with van der Waals surface area (Å²) in [5.74, 6) is 0.495. The van der Waals surface area contributed by atoms with Crippen LogP contribution in [0, 0.1) is 5.92 Å². The van der Waals surface area contributed by atoms with E-state index >= 15 is 0 Å². The number of carbonyl (C=O) groups is 1. The lowest BCUT2D eigenvalue weighted by Gasteiger charge is -2.35. The van der Waals surface area contributed by atoms with Crippen LogP contribution in [-0.2, 0) is 4.79 Å². The largest absolute Gasteiger partial charge is 0.393 e. The zero-order valence-corrected chi connectivity index (χ0v) is 10.9. The summed E-state index contributed by atoms with van der Waals surface area (Å²) in [4.78, 5) is 14.3. The predicted molar refractivity (Wildman–Crippen MR) is 67.6 cm³/mol. The summed E-state index contributed by atoms with van der Waals surface area (Å²) in [5.41, 5.74) is 0. The first kappa shape index (κ1) is 12.9. The smallest absolute Gasteiger partial charge is 0.225 e. The molecule has 2 saturated carbocycles. The number of aliphatic hydroxyl groups excluding tert-OH is 1. The number of amides is 1. The molecule has 3 nitrogen and oxygen atoms in total. The summed E-state index contributed by atoms with van der Waals surface area (Å²) in [6, 6.07) is 0.475. The number of nitrogens with zero attached hydrogens (tertiary/aromatic N) is 1. The van der Waals surface area contributed by atoms with E-state index in [0.717, 1.165) is 25.7 Å². The van der Waals surface area contributed by atoms with Crippen LogP contribution in [0.4, 0.5) is 0 Å². The molecule has 2 fully saturated rings. The fourth-order valence-electron chi connectivity index (χ4n) is 3.26. The molecule has 0 aliphatic heterocycles. The number of hydrogen-bond acceptors (Lipinski definition) is 2. The molecule has 0 spiro atoms. The quantitative estimate of drug-likeness (QED) is 0.803. The summed E-state index contributed by atoms with van der Waals surface area (Å²) < 4.78 is 0. The summed E-state index contributed by atoms with van der Waals surface area (Å²) in [6.07, 6.45) is 9.40. The Morgan fingerprint density at radius 3 is 2.18 bits per heavy atom. The molecule has 1 N–H and O–H groups in total. The molecule has 0 saturated heterocycles.